The van der Waals surface area contributed by atoms with Gasteiger partial charge in [-0.15, -0.1) is 0 Å². The molecule has 19 heavy (non-hydrogen) atoms. The van der Waals surface area contributed by atoms with Gasteiger partial charge in [-0.05, 0) is 35.5 Å². The Labute approximate surface area is 130 Å². The second-order valence-corrected chi connectivity index (χ2v) is 8.48. The van der Waals surface area contributed by atoms with Gasteiger partial charge >= 0.3 is 0 Å². The second kappa shape index (κ2) is 3.03. The van der Waals surface area contributed by atoms with Crippen LogP contribution in [0.25, 0.3) is 0 Å². The molecule has 0 aromatic rings. The van der Waals surface area contributed by atoms with Crippen molar-refractivity contribution in [3.05, 3.63) is 20.1 Å². The fraction of sp³-hybridized carbons (Fsp3) is 0.714. The molecule has 0 radical (unpaired) electrons. The van der Waals surface area contributed by atoms with Gasteiger partial charge in [0.2, 0.25) is 0 Å². The molecule has 0 N–H and O–H groups in total. The van der Waals surface area contributed by atoms with Crippen molar-refractivity contribution < 1.29 is 4.74 Å². The molecule has 6 rings (SSSR count). The summed E-state index contributed by atoms with van der Waals surface area (Å²) in [6, 6.07) is 0. The Hall–Kier alpha value is 0.600. The SMILES string of the molecule is ClC1=C(Cl)C2C(C(Cl)=C1Cl)C1C3OC4C(C32)C2C4C12. The molecule has 0 amide bonds. The van der Waals surface area contributed by atoms with Crippen LogP contribution in [0.2, 0.25) is 0 Å². The van der Waals surface area contributed by atoms with Crippen molar-refractivity contribution in [3.8, 4) is 0 Å². The Bertz CT molecular complexity index is 579. The quantitative estimate of drug-likeness (QED) is 0.646. The number of fused-ring (bicyclic) bond motifs is 5. The summed E-state index contributed by atoms with van der Waals surface area (Å²) in [7, 11) is 0. The summed E-state index contributed by atoms with van der Waals surface area (Å²) in [4.78, 5) is 0. The number of hydrogen-bond donors (Lipinski definition) is 0. The van der Waals surface area contributed by atoms with Crippen LogP contribution in [-0.2, 0) is 4.74 Å². The van der Waals surface area contributed by atoms with Crippen molar-refractivity contribution in [2.24, 2.45) is 47.3 Å². The molecule has 1 nitrogen and oxygen atoms in total. The van der Waals surface area contributed by atoms with Crippen LogP contribution in [0.3, 0.4) is 0 Å². The predicted octanol–water partition coefficient (Wildman–Crippen LogP) is 4.13. The van der Waals surface area contributed by atoms with E-state index < -0.39 is 0 Å². The summed E-state index contributed by atoms with van der Waals surface area (Å²) in [6.07, 6.45) is 0.866. The van der Waals surface area contributed by atoms with Crippen LogP contribution in [0.1, 0.15) is 0 Å². The molecular formula is C14H10Cl4O. The molecule has 6 aliphatic rings. The molecule has 1 saturated heterocycles. The molecule has 100 valence electrons. The van der Waals surface area contributed by atoms with E-state index in [-0.39, 0.29) is 11.8 Å². The first-order chi connectivity index (χ1) is 9.13. The first-order valence-electron chi connectivity index (χ1n) is 6.89. The van der Waals surface area contributed by atoms with Crippen LogP contribution in [0, 0.1) is 47.3 Å². The van der Waals surface area contributed by atoms with Gasteiger partial charge in [0.05, 0.1) is 22.3 Å². The van der Waals surface area contributed by atoms with Gasteiger partial charge in [0.25, 0.3) is 0 Å². The fourth-order valence-corrected chi connectivity index (χ4v) is 7.72. The van der Waals surface area contributed by atoms with Gasteiger partial charge in [-0.25, -0.2) is 0 Å². The molecule has 4 saturated carbocycles. The van der Waals surface area contributed by atoms with E-state index in [0.717, 1.165) is 27.8 Å². The van der Waals surface area contributed by atoms with Gasteiger partial charge in [0.1, 0.15) is 0 Å². The van der Waals surface area contributed by atoms with Crippen molar-refractivity contribution in [1.29, 1.82) is 0 Å². The minimum atomic E-state index is 0.253. The molecule has 5 fully saturated rings. The average molecular weight is 336 g/mol. The summed E-state index contributed by atoms with van der Waals surface area (Å²) in [5.74, 6) is 4.80. The maximum absolute atomic E-state index is 6.54. The van der Waals surface area contributed by atoms with E-state index in [9.17, 15) is 0 Å². The molecule has 4 bridgehead atoms. The number of allylic oxidation sites excluding steroid dienone is 4. The smallest absolute Gasteiger partial charge is 0.0752 e. The number of ether oxygens (including phenoxy) is 1. The monoisotopic (exact) mass is 334 g/mol. The Balaban J connectivity index is 1.60. The highest BCUT2D eigenvalue weighted by atomic mass is 35.5. The van der Waals surface area contributed by atoms with Crippen molar-refractivity contribution in [1.82, 2.24) is 0 Å². The summed E-state index contributed by atoms with van der Waals surface area (Å²) in [6.45, 7) is 0. The lowest BCUT2D eigenvalue weighted by Crippen LogP contribution is -2.39. The molecule has 10 atom stereocenters. The Morgan fingerprint density at radius 3 is 1.63 bits per heavy atom. The number of halogens is 4. The summed E-state index contributed by atoms with van der Waals surface area (Å²) >= 11 is 25.6. The maximum atomic E-state index is 6.54. The Kier molecular flexibility index (Phi) is 1.79. The van der Waals surface area contributed by atoms with E-state index in [1.165, 1.54) is 0 Å². The third-order valence-electron chi connectivity index (χ3n) is 6.77. The van der Waals surface area contributed by atoms with Gasteiger partial charge in [-0.3, -0.25) is 0 Å². The van der Waals surface area contributed by atoms with Crippen LogP contribution in [0.4, 0.5) is 0 Å². The maximum Gasteiger partial charge on any atom is 0.0752 e. The van der Waals surface area contributed by atoms with Crippen molar-refractivity contribution >= 4 is 46.4 Å². The summed E-state index contributed by atoms with van der Waals surface area (Å²) < 4.78 is 6.28. The van der Waals surface area contributed by atoms with Crippen molar-refractivity contribution in [2.75, 3.05) is 0 Å². The molecule has 10 unspecified atom stereocenters. The lowest BCUT2D eigenvalue weighted by atomic mass is 9.69. The Morgan fingerprint density at radius 1 is 0.579 bits per heavy atom. The predicted molar refractivity (Wildman–Crippen MR) is 74.0 cm³/mol. The standard InChI is InChI=1S/C14H10Cl4O/c15-9-3-4(10(16)12(18)11(9)17)8-7-2-1-5(2)13(7)19-14(8)6(1)3/h1-8,13-14H. The van der Waals surface area contributed by atoms with Crippen LogP contribution in [0.5, 0.6) is 0 Å². The van der Waals surface area contributed by atoms with Crippen LogP contribution in [0.15, 0.2) is 20.1 Å². The van der Waals surface area contributed by atoms with E-state index in [0.29, 0.717) is 40.0 Å². The van der Waals surface area contributed by atoms with Crippen molar-refractivity contribution in [2.45, 2.75) is 12.2 Å². The van der Waals surface area contributed by atoms with Crippen molar-refractivity contribution in [3.63, 3.8) is 0 Å². The first-order valence-corrected chi connectivity index (χ1v) is 8.40. The average Bonchev–Trinajstić information content (AvgIpc) is 2.94. The lowest BCUT2D eigenvalue weighted by Gasteiger charge is -2.38. The number of hydrogen-bond acceptors (Lipinski definition) is 1. The van der Waals surface area contributed by atoms with Gasteiger partial charge in [0, 0.05) is 21.9 Å². The van der Waals surface area contributed by atoms with E-state index in [4.69, 9.17) is 51.1 Å². The molecule has 1 aliphatic heterocycles. The largest absolute Gasteiger partial charge is 0.374 e. The summed E-state index contributed by atoms with van der Waals surface area (Å²) in [5, 5.41) is 2.38. The van der Waals surface area contributed by atoms with Crippen LogP contribution < -0.4 is 0 Å². The van der Waals surface area contributed by atoms with E-state index in [1.54, 1.807) is 0 Å². The Morgan fingerprint density at radius 2 is 1.00 bits per heavy atom. The zero-order valence-electron chi connectivity index (χ0n) is 9.69. The van der Waals surface area contributed by atoms with Gasteiger partial charge in [0.15, 0.2) is 0 Å². The highest BCUT2D eigenvalue weighted by Crippen LogP contribution is 2.85. The third kappa shape index (κ3) is 0.921. The van der Waals surface area contributed by atoms with Gasteiger partial charge in [-0.2, -0.15) is 0 Å². The summed E-state index contributed by atoms with van der Waals surface area (Å²) in [5.41, 5.74) is 0. The van der Waals surface area contributed by atoms with Gasteiger partial charge in [-0.1, -0.05) is 46.4 Å². The minimum absolute atomic E-state index is 0.253. The molecule has 1 heterocycles. The van der Waals surface area contributed by atoms with E-state index >= 15 is 0 Å². The molecular weight excluding hydrogens is 326 g/mol. The zero-order chi connectivity index (χ0) is 12.8. The second-order valence-electron chi connectivity index (χ2n) is 6.90. The molecule has 0 aromatic heterocycles. The highest BCUT2D eigenvalue weighted by Gasteiger charge is 2.87. The number of rotatable bonds is 0. The zero-order valence-corrected chi connectivity index (χ0v) is 12.7. The fourth-order valence-electron chi connectivity index (χ4n) is 6.42. The van der Waals surface area contributed by atoms with E-state index in [1.807, 2.05) is 0 Å². The van der Waals surface area contributed by atoms with Gasteiger partial charge < -0.3 is 4.74 Å². The molecule has 0 aromatic carbocycles. The van der Waals surface area contributed by atoms with Crippen LogP contribution >= 0.6 is 46.4 Å². The highest BCUT2D eigenvalue weighted by molar-refractivity contribution is 6.51. The lowest BCUT2D eigenvalue weighted by molar-refractivity contribution is -0.0570. The minimum Gasteiger partial charge on any atom is -0.374 e. The first kappa shape index (κ1) is 11.2. The molecule has 5 heteroatoms. The normalized spacial score (nSPS) is 66.3. The topological polar surface area (TPSA) is 9.23 Å². The van der Waals surface area contributed by atoms with E-state index in [2.05, 4.69) is 0 Å². The van der Waals surface area contributed by atoms with Crippen LogP contribution in [-0.4, -0.2) is 12.2 Å². The molecule has 5 aliphatic carbocycles. The third-order valence-corrected chi connectivity index (χ3v) is 8.73. The molecule has 0 spiro atoms.